The number of imidazole rings is 1. The Morgan fingerprint density at radius 3 is 2.67 bits per heavy atom. The van der Waals surface area contributed by atoms with Gasteiger partial charge in [0.25, 0.3) is 0 Å². The standard InChI is InChI=1S/C24H21F2N5OS/c1-24(2,27)22-28-10-13(11-29-22)12-6-7-14-15(8-12)31-16-9-19(21(31)30-14)33-18-5-3-4-17(20(16)18)32-23(25)26/h3-8,10-11,16,19,23H,9,27H2,1-2H3/t16-,19-/m1/s1. The summed E-state index contributed by atoms with van der Waals surface area (Å²) in [5, 5.41) is 0.176. The predicted octanol–water partition coefficient (Wildman–Crippen LogP) is 5.43. The van der Waals surface area contributed by atoms with Crippen molar-refractivity contribution in [2.75, 3.05) is 0 Å². The van der Waals surface area contributed by atoms with Crippen molar-refractivity contribution in [1.29, 1.82) is 0 Å². The highest BCUT2D eigenvalue weighted by atomic mass is 32.2. The SMILES string of the molecule is CC(C)(N)c1ncc(-c2ccc3nc4n(c3c2)[C@@H]2C[C@H]4Sc3cccc(OC(F)F)c32)cn1. The third kappa shape index (κ3) is 3.29. The van der Waals surface area contributed by atoms with Crippen molar-refractivity contribution in [1.82, 2.24) is 19.5 Å². The molecule has 2 aliphatic heterocycles. The van der Waals surface area contributed by atoms with Crippen LogP contribution in [0.5, 0.6) is 5.75 Å². The van der Waals surface area contributed by atoms with Gasteiger partial charge in [0.05, 0.1) is 27.9 Å². The summed E-state index contributed by atoms with van der Waals surface area (Å²) in [5.74, 6) is 1.78. The van der Waals surface area contributed by atoms with E-state index in [1.807, 2.05) is 32.0 Å². The number of rotatable bonds is 4. The largest absolute Gasteiger partial charge is 0.434 e. The van der Waals surface area contributed by atoms with Crippen molar-refractivity contribution in [3.63, 3.8) is 0 Å². The maximum atomic E-state index is 13.1. The van der Waals surface area contributed by atoms with Crippen molar-refractivity contribution in [2.24, 2.45) is 5.73 Å². The number of halogens is 2. The van der Waals surface area contributed by atoms with Gasteiger partial charge in [0.15, 0.2) is 0 Å². The number of fused-ring (bicyclic) bond motifs is 9. The Hall–Kier alpha value is -3.04. The third-order valence-electron chi connectivity index (χ3n) is 6.16. The predicted molar refractivity (Wildman–Crippen MR) is 122 cm³/mol. The van der Waals surface area contributed by atoms with Gasteiger partial charge in [-0.05, 0) is 50.1 Å². The van der Waals surface area contributed by atoms with Crippen LogP contribution in [0, 0.1) is 0 Å². The van der Waals surface area contributed by atoms with Crippen LogP contribution in [0.25, 0.3) is 22.2 Å². The molecule has 0 unspecified atom stereocenters. The van der Waals surface area contributed by atoms with Gasteiger partial charge in [0, 0.05) is 28.4 Å². The minimum atomic E-state index is -2.87. The van der Waals surface area contributed by atoms with E-state index in [0.717, 1.165) is 44.9 Å². The molecule has 0 spiro atoms. The van der Waals surface area contributed by atoms with Gasteiger partial charge in [0.1, 0.15) is 17.4 Å². The van der Waals surface area contributed by atoms with Crippen LogP contribution in [0.2, 0.25) is 0 Å². The minimum Gasteiger partial charge on any atom is -0.434 e. The van der Waals surface area contributed by atoms with Crippen LogP contribution in [0.4, 0.5) is 8.78 Å². The molecule has 0 amide bonds. The molecule has 2 aliphatic rings. The number of thioether (sulfide) groups is 1. The lowest BCUT2D eigenvalue weighted by atomic mass is 10.0. The minimum absolute atomic E-state index is 0.104. The van der Waals surface area contributed by atoms with E-state index in [2.05, 4.69) is 20.6 Å². The summed E-state index contributed by atoms with van der Waals surface area (Å²) in [6.45, 7) is 0.861. The molecule has 2 aromatic carbocycles. The first-order valence-corrected chi connectivity index (χ1v) is 11.6. The second-order valence-electron chi connectivity index (χ2n) is 8.96. The Balaban J connectivity index is 1.46. The summed E-state index contributed by atoms with van der Waals surface area (Å²) in [6.07, 6.45) is 4.35. The van der Waals surface area contributed by atoms with E-state index in [1.54, 1.807) is 36.3 Å². The molecule has 2 bridgehead atoms. The molecular formula is C24H21F2N5OS. The molecule has 0 saturated heterocycles. The van der Waals surface area contributed by atoms with E-state index < -0.39 is 12.2 Å². The molecule has 2 N–H and O–H groups in total. The number of nitrogens with zero attached hydrogens (tertiary/aromatic N) is 4. The molecule has 6 rings (SSSR count). The van der Waals surface area contributed by atoms with Crippen LogP contribution < -0.4 is 10.5 Å². The van der Waals surface area contributed by atoms with Crippen LogP contribution in [-0.2, 0) is 5.54 Å². The highest BCUT2D eigenvalue weighted by Gasteiger charge is 2.42. The summed E-state index contributed by atoms with van der Waals surface area (Å²) >= 11 is 1.66. The van der Waals surface area contributed by atoms with Crippen molar-refractivity contribution in [3.05, 3.63) is 66.0 Å². The average Bonchev–Trinajstić information content (AvgIpc) is 3.28. The van der Waals surface area contributed by atoms with Gasteiger partial charge >= 0.3 is 6.61 Å². The number of alkyl halides is 2. The zero-order chi connectivity index (χ0) is 22.9. The molecule has 33 heavy (non-hydrogen) atoms. The number of hydrogen-bond acceptors (Lipinski definition) is 6. The first-order valence-electron chi connectivity index (χ1n) is 10.7. The molecule has 0 radical (unpaired) electrons. The van der Waals surface area contributed by atoms with Crippen LogP contribution in [-0.4, -0.2) is 26.1 Å². The number of ether oxygens (including phenoxy) is 1. The molecule has 4 heterocycles. The molecule has 6 nitrogen and oxygen atoms in total. The lowest BCUT2D eigenvalue weighted by molar-refractivity contribution is -0.0508. The maximum absolute atomic E-state index is 13.1. The Morgan fingerprint density at radius 1 is 1.15 bits per heavy atom. The summed E-state index contributed by atoms with van der Waals surface area (Å²) in [6, 6.07) is 11.3. The fourth-order valence-corrected chi connectivity index (χ4v) is 6.10. The maximum Gasteiger partial charge on any atom is 0.387 e. The number of aromatic nitrogens is 4. The first-order chi connectivity index (χ1) is 15.8. The second kappa shape index (κ2) is 7.23. The lowest BCUT2D eigenvalue weighted by Gasteiger charge is -2.25. The van der Waals surface area contributed by atoms with E-state index in [1.165, 1.54) is 0 Å². The van der Waals surface area contributed by atoms with Crippen molar-refractivity contribution in [3.8, 4) is 16.9 Å². The molecule has 2 aromatic heterocycles. The molecule has 168 valence electrons. The third-order valence-corrected chi connectivity index (χ3v) is 7.46. The smallest absolute Gasteiger partial charge is 0.387 e. The molecule has 9 heteroatoms. The van der Waals surface area contributed by atoms with E-state index in [9.17, 15) is 8.78 Å². The molecular weight excluding hydrogens is 444 g/mol. The second-order valence-corrected chi connectivity index (χ2v) is 10.2. The van der Waals surface area contributed by atoms with E-state index in [4.69, 9.17) is 15.5 Å². The normalized spacial score (nSPS) is 19.1. The fourth-order valence-electron chi connectivity index (χ4n) is 4.72. The summed E-state index contributed by atoms with van der Waals surface area (Å²) < 4.78 is 33.3. The average molecular weight is 466 g/mol. The van der Waals surface area contributed by atoms with Crippen molar-refractivity contribution in [2.45, 2.75) is 48.6 Å². The summed E-state index contributed by atoms with van der Waals surface area (Å²) in [7, 11) is 0. The quantitative estimate of drug-likeness (QED) is 0.433. The van der Waals surface area contributed by atoms with Gasteiger partial charge in [-0.2, -0.15) is 8.78 Å². The lowest BCUT2D eigenvalue weighted by Crippen LogP contribution is -2.31. The van der Waals surface area contributed by atoms with Crippen LogP contribution in [0.3, 0.4) is 0 Å². The van der Waals surface area contributed by atoms with E-state index in [-0.39, 0.29) is 17.0 Å². The Labute approximate surface area is 193 Å². The Morgan fingerprint density at radius 2 is 1.94 bits per heavy atom. The number of nitrogens with two attached hydrogens (primary N) is 1. The molecule has 0 saturated carbocycles. The topological polar surface area (TPSA) is 78.8 Å². The van der Waals surface area contributed by atoms with E-state index >= 15 is 0 Å². The van der Waals surface area contributed by atoms with Gasteiger partial charge in [0.2, 0.25) is 0 Å². The van der Waals surface area contributed by atoms with Crippen molar-refractivity contribution >= 4 is 22.8 Å². The van der Waals surface area contributed by atoms with Gasteiger partial charge in [-0.3, -0.25) is 0 Å². The molecule has 4 aromatic rings. The van der Waals surface area contributed by atoms with Gasteiger partial charge in [-0.1, -0.05) is 12.1 Å². The molecule has 0 aliphatic carbocycles. The summed E-state index contributed by atoms with van der Waals surface area (Å²) in [5.41, 5.74) is 9.95. The zero-order valence-electron chi connectivity index (χ0n) is 18.0. The number of hydrogen-bond donors (Lipinski definition) is 1. The van der Waals surface area contributed by atoms with Crippen LogP contribution >= 0.6 is 11.8 Å². The molecule has 2 atom stereocenters. The highest BCUT2D eigenvalue weighted by Crippen LogP contribution is 2.58. The van der Waals surface area contributed by atoms with Gasteiger partial charge < -0.3 is 15.0 Å². The fraction of sp³-hybridized carbons (Fsp3) is 0.292. The van der Waals surface area contributed by atoms with E-state index in [0.29, 0.717) is 5.82 Å². The van der Waals surface area contributed by atoms with Crippen LogP contribution in [0.1, 0.15) is 48.8 Å². The zero-order valence-corrected chi connectivity index (χ0v) is 18.8. The highest BCUT2D eigenvalue weighted by molar-refractivity contribution is 7.99. The van der Waals surface area contributed by atoms with Gasteiger partial charge in [-0.15, -0.1) is 11.8 Å². The van der Waals surface area contributed by atoms with Crippen LogP contribution in [0.15, 0.2) is 53.7 Å². The first kappa shape index (κ1) is 20.6. The monoisotopic (exact) mass is 465 g/mol. The van der Waals surface area contributed by atoms with Crippen molar-refractivity contribution < 1.29 is 13.5 Å². The Kier molecular flexibility index (Phi) is 4.50. The Bertz CT molecular complexity index is 1380. The summed E-state index contributed by atoms with van der Waals surface area (Å²) in [4.78, 5) is 14.7. The van der Waals surface area contributed by atoms with Gasteiger partial charge in [-0.25, -0.2) is 15.0 Å². The molecule has 0 fully saturated rings. The number of benzene rings is 2.